The van der Waals surface area contributed by atoms with Crippen molar-refractivity contribution in [3.8, 4) is 0 Å². The summed E-state index contributed by atoms with van der Waals surface area (Å²) in [6.07, 6.45) is 60.0. The Morgan fingerprint density at radius 1 is 0.600 bits per heavy atom. The molecule has 0 spiro atoms. The summed E-state index contributed by atoms with van der Waals surface area (Å²) in [7, 11) is 1.21. The van der Waals surface area contributed by atoms with E-state index in [1.165, 1.54) is 32.1 Å². The van der Waals surface area contributed by atoms with Gasteiger partial charge in [-0.3, -0.25) is 9.36 Å². The Balaban J connectivity index is 4.37. The number of unbranched alkanes of at least 4 members (excludes halogenated alkanes) is 11. The van der Waals surface area contributed by atoms with Crippen LogP contribution < -0.4 is 10.2 Å². The molecule has 0 aromatic carbocycles. The highest BCUT2D eigenvalue weighted by Gasteiger charge is 2.23. The minimum absolute atomic E-state index is 0.0172. The number of phosphoric acid groups is 1. The first-order chi connectivity index (χ1) is 29.0. The van der Waals surface area contributed by atoms with Crippen LogP contribution in [-0.2, 0) is 18.4 Å². The molecular formula is C51H87N2O6P. The molecule has 1 amide bonds. The smallest absolute Gasteiger partial charge is 0.268 e. The van der Waals surface area contributed by atoms with Crippen LogP contribution in [0.5, 0.6) is 0 Å². The summed E-state index contributed by atoms with van der Waals surface area (Å²) in [6.45, 7) is 4.43. The van der Waals surface area contributed by atoms with Crippen molar-refractivity contribution in [2.24, 2.45) is 0 Å². The summed E-state index contributed by atoms with van der Waals surface area (Å²) < 4.78 is 23.1. The van der Waals surface area contributed by atoms with Gasteiger partial charge >= 0.3 is 0 Å². The molecule has 0 aliphatic rings. The normalized spacial score (nSPS) is 15.2. The molecule has 0 heterocycles. The van der Waals surface area contributed by atoms with Crippen LogP contribution in [0.4, 0.5) is 0 Å². The average molecular weight is 855 g/mol. The van der Waals surface area contributed by atoms with E-state index in [0.717, 1.165) is 103 Å². The third-order valence-corrected chi connectivity index (χ3v) is 10.4. The van der Waals surface area contributed by atoms with E-state index in [0.29, 0.717) is 17.4 Å². The maximum absolute atomic E-state index is 12.8. The number of carbonyl (C=O) groups excluding carboxylic acids is 1. The third-order valence-electron chi connectivity index (χ3n) is 9.47. The fourth-order valence-electron chi connectivity index (χ4n) is 5.79. The number of amides is 1. The van der Waals surface area contributed by atoms with Gasteiger partial charge in [0, 0.05) is 6.42 Å². The van der Waals surface area contributed by atoms with Gasteiger partial charge in [-0.05, 0) is 89.9 Å². The lowest BCUT2D eigenvalue weighted by atomic mass is 10.1. The van der Waals surface area contributed by atoms with Gasteiger partial charge in [0.05, 0.1) is 39.9 Å². The number of aliphatic hydroxyl groups is 1. The highest BCUT2D eigenvalue weighted by atomic mass is 31.2. The van der Waals surface area contributed by atoms with Gasteiger partial charge < -0.3 is 28.8 Å². The quantitative estimate of drug-likeness (QED) is 0.0275. The van der Waals surface area contributed by atoms with Gasteiger partial charge in [0.2, 0.25) is 5.91 Å². The Labute approximate surface area is 368 Å². The van der Waals surface area contributed by atoms with Crippen LogP contribution in [0.25, 0.3) is 0 Å². The lowest BCUT2D eigenvalue weighted by Gasteiger charge is -2.29. The van der Waals surface area contributed by atoms with Gasteiger partial charge in [-0.15, -0.1) is 0 Å². The number of carbonyl (C=O) groups is 1. The number of allylic oxidation sites excluding steroid dienone is 17. The average Bonchev–Trinajstić information content (AvgIpc) is 3.20. The molecule has 342 valence electrons. The predicted octanol–water partition coefficient (Wildman–Crippen LogP) is 12.7. The molecule has 0 aromatic rings. The molecule has 3 unspecified atom stereocenters. The first kappa shape index (κ1) is 57.2. The number of phosphoric ester groups is 1. The first-order valence-electron chi connectivity index (χ1n) is 23.2. The Kier molecular flexibility index (Phi) is 39.5. The van der Waals surface area contributed by atoms with E-state index in [1.807, 2.05) is 27.2 Å². The van der Waals surface area contributed by atoms with Crippen molar-refractivity contribution < 1.29 is 32.9 Å². The fourth-order valence-corrected chi connectivity index (χ4v) is 6.52. The highest BCUT2D eigenvalue weighted by Crippen LogP contribution is 2.38. The number of quaternary nitrogens is 1. The molecule has 0 aliphatic carbocycles. The number of hydrogen-bond acceptors (Lipinski definition) is 6. The maximum atomic E-state index is 12.8. The number of likely N-dealkylation sites (N-methyl/N-ethyl adjacent to an activating group) is 1. The zero-order valence-corrected chi connectivity index (χ0v) is 39.5. The molecule has 9 heteroatoms. The minimum atomic E-state index is -4.61. The van der Waals surface area contributed by atoms with Gasteiger partial charge in [-0.2, -0.15) is 0 Å². The number of nitrogens with zero attached hydrogens (tertiary/aromatic N) is 1. The molecule has 3 atom stereocenters. The summed E-state index contributed by atoms with van der Waals surface area (Å²) in [5, 5.41) is 13.7. The lowest BCUT2D eigenvalue weighted by molar-refractivity contribution is -0.870. The van der Waals surface area contributed by atoms with Crippen LogP contribution in [0, 0.1) is 0 Å². The largest absolute Gasteiger partial charge is 0.756 e. The van der Waals surface area contributed by atoms with Gasteiger partial charge in [0.15, 0.2) is 0 Å². The van der Waals surface area contributed by atoms with E-state index in [-0.39, 0.29) is 12.5 Å². The van der Waals surface area contributed by atoms with Crippen LogP contribution in [-0.4, -0.2) is 68.5 Å². The van der Waals surface area contributed by atoms with E-state index in [4.69, 9.17) is 9.05 Å². The Morgan fingerprint density at radius 3 is 1.55 bits per heavy atom. The predicted molar refractivity (Wildman–Crippen MR) is 256 cm³/mol. The second-order valence-corrected chi connectivity index (χ2v) is 17.8. The van der Waals surface area contributed by atoms with Crippen LogP contribution in [0.15, 0.2) is 109 Å². The molecule has 0 rings (SSSR count). The number of rotatable bonds is 40. The maximum Gasteiger partial charge on any atom is 0.268 e. The Morgan fingerprint density at radius 2 is 1.03 bits per heavy atom. The SMILES string of the molecule is CC/C=C\C/C=C\C/C=C\C/C=C\C/C=C\C/C=C\C/C=C\CCCCCCCC(=O)NC(COP(=O)([O-])OCC[N+](C)(C)C)C(O)/C=C/CC/C=C/CCCCCCC. The molecule has 0 fully saturated rings. The standard InChI is InChI=1S/C51H87N2O6P/c1-6-8-10-12-14-16-18-19-20-21-22-23-24-25-26-27-28-29-30-31-32-33-35-37-39-41-43-45-51(55)52-49(48-59-60(56,57)58-47-46-53(3,4)5)50(54)44-42-40-38-36-34-17-15-13-11-9-7-2/h8,10,14,16,19-20,22-23,25-26,28-29,31-32,34,36,42,44,49-50,54H,6-7,9,11-13,15,17-18,21,24,27,30,33,35,37-41,43,45-48H2,1-5H3,(H-,52,55,56,57)/b10-8-,16-14-,20-19-,23-22-,26-25-,29-28-,32-31-,36-34+,44-42+. The fraction of sp³-hybridized carbons (Fsp3) is 0.627. The van der Waals surface area contributed by atoms with E-state index in [2.05, 4.69) is 116 Å². The molecule has 60 heavy (non-hydrogen) atoms. The third kappa shape index (κ3) is 43.3. The van der Waals surface area contributed by atoms with Crippen molar-refractivity contribution in [3.05, 3.63) is 109 Å². The van der Waals surface area contributed by atoms with Crippen molar-refractivity contribution >= 4 is 13.7 Å². The molecule has 0 aromatic heterocycles. The number of nitrogens with one attached hydrogen (secondary N) is 1. The van der Waals surface area contributed by atoms with Crippen molar-refractivity contribution in [1.82, 2.24) is 5.32 Å². The Bertz CT molecular complexity index is 1340. The van der Waals surface area contributed by atoms with E-state index >= 15 is 0 Å². The van der Waals surface area contributed by atoms with Crippen molar-refractivity contribution in [1.29, 1.82) is 0 Å². The molecule has 0 saturated carbocycles. The van der Waals surface area contributed by atoms with Crippen molar-refractivity contribution in [2.75, 3.05) is 40.9 Å². The van der Waals surface area contributed by atoms with Crippen LogP contribution in [0.1, 0.15) is 155 Å². The van der Waals surface area contributed by atoms with E-state index in [9.17, 15) is 19.4 Å². The molecule has 0 bridgehead atoms. The molecule has 2 N–H and O–H groups in total. The summed E-state index contributed by atoms with van der Waals surface area (Å²) >= 11 is 0. The van der Waals surface area contributed by atoms with Gasteiger partial charge in [-0.25, -0.2) is 0 Å². The minimum Gasteiger partial charge on any atom is -0.756 e. The highest BCUT2D eigenvalue weighted by molar-refractivity contribution is 7.45. The lowest BCUT2D eigenvalue weighted by Crippen LogP contribution is -2.45. The van der Waals surface area contributed by atoms with Crippen LogP contribution >= 0.6 is 7.82 Å². The monoisotopic (exact) mass is 855 g/mol. The zero-order chi connectivity index (χ0) is 44.3. The topological polar surface area (TPSA) is 108 Å². The molecule has 0 saturated heterocycles. The molecule has 0 aliphatic heterocycles. The first-order valence-corrected chi connectivity index (χ1v) is 24.7. The number of hydrogen-bond donors (Lipinski definition) is 2. The van der Waals surface area contributed by atoms with Gasteiger partial charge in [-0.1, -0.05) is 168 Å². The van der Waals surface area contributed by atoms with E-state index in [1.54, 1.807) is 6.08 Å². The zero-order valence-electron chi connectivity index (χ0n) is 38.6. The second-order valence-electron chi connectivity index (χ2n) is 16.4. The van der Waals surface area contributed by atoms with Gasteiger partial charge in [0.25, 0.3) is 7.82 Å². The van der Waals surface area contributed by atoms with Gasteiger partial charge in [0.1, 0.15) is 13.2 Å². The number of aliphatic hydroxyl groups excluding tert-OH is 1. The summed E-state index contributed by atoms with van der Waals surface area (Å²) in [4.78, 5) is 25.3. The summed E-state index contributed by atoms with van der Waals surface area (Å²) in [5.41, 5.74) is 0. The van der Waals surface area contributed by atoms with Crippen molar-refractivity contribution in [2.45, 2.75) is 167 Å². The molecule has 8 nitrogen and oxygen atoms in total. The summed E-state index contributed by atoms with van der Waals surface area (Å²) in [5.74, 6) is -0.234. The Hall–Kier alpha value is -2.84. The van der Waals surface area contributed by atoms with E-state index < -0.39 is 26.6 Å². The molecule has 0 radical (unpaired) electrons. The van der Waals surface area contributed by atoms with Crippen LogP contribution in [0.2, 0.25) is 0 Å². The van der Waals surface area contributed by atoms with Crippen molar-refractivity contribution in [3.63, 3.8) is 0 Å². The summed E-state index contributed by atoms with van der Waals surface area (Å²) in [6, 6.07) is -0.920. The molecular weight excluding hydrogens is 768 g/mol. The second kappa shape index (κ2) is 41.5. The van der Waals surface area contributed by atoms with Crippen LogP contribution in [0.3, 0.4) is 0 Å².